The highest BCUT2D eigenvalue weighted by Crippen LogP contribution is 2.46. The highest BCUT2D eigenvalue weighted by Gasteiger charge is 2.46. The number of rotatable bonds is 4. The number of hydrogen-bond acceptors (Lipinski definition) is 3. The number of aromatic nitrogens is 2. The molecule has 2 aromatic heterocycles. The second-order valence-electron chi connectivity index (χ2n) is 9.35. The highest BCUT2D eigenvalue weighted by atomic mass is 15.3. The molecule has 4 nitrogen and oxygen atoms in total. The Morgan fingerprint density at radius 3 is 1.86 bits per heavy atom. The van der Waals surface area contributed by atoms with E-state index >= 15 is 0 Å². The van der Waals surface area contributed by atoms with Crippen LogP contribution in [-0.2, 0) is 0 Å². The number of hydrogen-bond donors (Lipinski definition) is 0. The van der Waals surface area contributed by atoms with E-state index < -0.39 is 0 Å². The lowest BCUT2D eigenvalue weighted by atomic mass is 9.92. The SMILES string of the molecule is C1=[N+](c2cccc3cccnc23)[C@H](c2ccccc2)[C@@H](c2ccccc2)N1c1cccc2cccnc12. The average Bonchev–Trinajstić information content (AvgIpc) is 3.38. The van der Waals surface area contributed by atoms with Gasteiger partial charge in [0.2, 0.25) is 6.34 Å². The number of pyridine rings is 2. The molecule has 6 aromatic rings. The zero-order valence-corrected chi connectivity index (χ0v) is 20.2. The van der Waals surface area contributed by atoms with Crippen LogP contribution in [0, 0.1) is 0 Å². The summed E-state index contributed by atoms with van der Waals surface area (Å²) in [6.07, 6.45) is 6.00. The van der Waals surface area contributed by atoms with Crippen molar-refractivity contribution in [2.45, 2.75) is 12.1 Å². The van der Waals surface area contributed by atoms with Gasteiger partial charge in [0.15, 0.2) is 23.5 Å². The van der Waals surface area contributed by atoms with Crippen LogP contribution in [0.3, 0.4) is 0 Å². The van der Waals surface area contributed by atoms with E-state index in [0.717, 1.165) is 33.2 Å². The van der Waals surface area contributed by atoms with Crippen LogP contribution in [0.5, 0.6) is 0 Å². The summed E-state index contributed by atoms with van der Waals surface area (Å²) in [4.78, 5) is 12.0. The van der Waals surface area contributed by atoms with Crippen molar-refractivity contribution in [2.24, 2.45) is 0 Å². The van der Waals surface area contributed by atoms with Gasteiger partial charge < -0.3 is 0 Å². The Hall–Kier alpha value is -4.83. The van der Waals surface area contributed by atoms with E-state index in [0.29, 0.717) is 0 Å². The Morgan fingerprint density at radius 2 is 1.14 bits per heavy atom. The molecule has 7 rings (SSSR count). The van der Waals surface area contributed by atoms with Crippen LogP contribution >= 0.6 is 0 Å². The minimum atomic E-state index is 0.0233. The maximum Gasteiger partial charge on any atom is 0.245 e. The van der Waals surface area contributed by atoms with Gasteiger partial charge in [0.1, 0.15) is 11.0 Å². The molecule has 4 aromatic carbocycles. The van der Waals surface area contributed by atoms with Crippen LogP contribution in [-0.4, -0.2) is 20.9 Å². The van der Waals surface area contributed by atoms with Gasteiger partial charge in [-0.3, -0.25) is 9.97 Å². The second kappa shape index (κ2) is 8.99. The van der Waals surface area contributed by atoms with Crippen molar-refractivity contribution in [2.75, 3.05) is 4.90 Å². The van der Waals surface area contributed by atoms with Crippen LogP contribution in [0.4, 0.5) is 11.4 Å². The van der Waals surface area contributed by atoms with E-state index in [9.17, 15) is 0 Å². The molecule has 4 heteroatoms. The number of para-hydroxylation sites is 2. The second-order valence-corrected chi connectivity index (χ2v) is 9.35. The van der Waals surface area contributed by atoms with Crippen molar-refractivity contribution in [3.05, 3.63) is 145 Å². The molecular weight excluding hydrogens is 452 g/mol. The molecule has 0 amide bonds. The van der Waals surface area contributed by atoms with E-state index in [1.807, 2.05) is 24.5 Å². The molecule has 0 saturated carbocycles. The summed E-state index contributed by atoms with van der Waals surface area (Å²) in [6, 6.07) is 42.7. The molecule has 0 radical (unpaired) electrons. The van der Waals surface area contributed by atoms with Crippen molar-refractivity contribution in [3.8, 4) is 0 Å². The monoisotopic (exact) mass is 477 g/mol. The summed E-state index contributed by atoms with van der Waals surface area (Å²) in [7, 11) is 0. The summed E-state index contributed by atoms with van der Waals surface area (Å²) in [5.41, 5.74) is 6.65. The van der Waals surface area contributed by atoms with Gasteiger partial charge in [-0.1, -0.05) is 97.1 Å². The van der Waals surface area contributed by atoms with E-state index in [-0.39, 0.29) is 12.1 Å². The van der Waals surface area contributed by atoms with Gasteiger partial charge in [0.25, 0.3) is 0 Å². The van der Waals surface area contributed by atoms with Crippen LogP contribution in [0.2, 0.25) is 0 Å². The molecule has 176 valence electrons. The first-order valence-electron chi connectivity index (χ1n) is 12.6. The Bertz CT molecular complexity index is 1730. The van der Waals surface area contributed by atoms with Crippen molar-refractivity contribution in [1.29, 1.82) is 0 Å². The van der Waals surface area contributed by atoms with Crippen molar-refractivity contribution in [1.82, 2.24) is 9.97 Å². The van der Waals surface area contributed by atoms with Crippen LogP contribution in [0.15, 0.2) is 134 Å². The molecule has 0 fully saturated rings. The maximum absolute atomic E-state index is 4.81. The van der Waals surface area contributed by atoms with Gasteiger partial charge >= 0.3 is 0 Å². The van der Waals surface area contributed by atoms with Gasteiger partial charge in [-0.2, -0.15) is 0 Å². The lowest BCUT2D eigenvalue weighted by Crippen LogP contribution is -2.26. The van der Waals surface area contributed by atoms with Gasteiger partial charge in [-0.25, -0.2) is 9.48 Å². The van der Waals surface area contributed by atoms with Gasteiger partial charge in [0.05, 0.1) is 0 Å². The molecule has 1 aliphatic rings. The molecule has 0 bridgehead atoms. The van der Waals surface area contributed by atoms with Crippen molar-refractivity contribution < 1.29 is 4.58 Å². The largest absolute Gasteiger partial charge is 0.252 e. The third kappa shape index (κ3) is 3.66. The first-order valence-corrected chi connectivity index (χ1v) is 12.6. The molecule has 0 unspecified atom stereocenters. The Labute approximate surface area is 215 Å². The lowest BCUT2D eigenvalue weighted by molar-refractivity contribution is -0.480. The van der Waals surface area contributed by atoms with Gasteiger partial charge in [-0.05, 0) is 24.3 Å². The predicted octanol–water partition coefficient (Wildman–Crippen LogP) is 7.46. The summed E-state index contributed by atoms with van der Waals surface area (Å²) in [5, 5.41) is 2.25. The molecule has 0 spiro atoms. The zero-order chi connectivity index (χ0) is 24.6. The molecule has 2 atom stereocenters. The van der Waals surface area contributed by atoms with Gasteiger partial charge in [-0.15, -0.1) is 0 Å². The number of nitrogens with zero attached hydrogens (tertiary/aromatic N) is 4. The minimum Gasteiger partial charge on any atom is -0.252 e. The predicted molar refractivity (Wildman–Crippen MR) is 150 cm³/mol. The molecule has 37 heavy (non-hydrogen) atoms. The molecule has 0 saturated heterocycles. The normalized spacial score (nSPS) is 17.3. The fourth-order valence-corrected chi connectivity index (χ4v) is 5.59. The fraction of sp³-hybridized carbons (Fsp3) is 0.0606. The number of fused-ring (bicyclic) bond motifs is 2. The number of benzene rings is 4. The number of anilines is 1. The Morgan fingerprint density at radius 1 is 0.541 bits per heavy atom. The first-order chi connectivity index (χ1) is 18.4. The van der Waals surface area contributed by atoms with E-state index in [1.54, 1.807) is 0 Å². The summed E-state index contributed by atoms with van der Waals surface area (Å²) in [6.45, 7) is 0. The van der Waals surface area contributed by atoms with Crippen LogP contribution < -0.4 is 4.90 Å². The third-order valence-corrected chi connectivity index (χ3v) is 7.21. The van der Waals surface area contributed by atoms with E-state index in [1.165, 1.54) is 11.1 Å². The fourth-order valence-electron chi connectivity index (χ4n) is 5.59. The van der Waals surface area contributed by atoms with Crippen LogP contribution in [0.1, 0.15) is 23.2 Å². The lowest BCUT2D eigenvalue weighted by Gasteiger charge is -2.24. The topological polar surface area (TPSA) is 32.0 Å². The minimum absolute atomic E-state index is 0.0233. The van der Waals surface area contributed by atoms with E-state index in [2.05, 4.69) is 125 Å². The van der Waals surface area contributed by atoms with Crippen molar-refractivity contribution in [3.63, 3.8) is 0 Å². The molecular formula is C33H25N4+. The third-order valence-electron chi connectivity index (χ3n) is 7.21. The van der Waals surface area contributed by atoms with Crippen LogP contribution in [0.25, 0.3) is 21.8 Å². The Balaban J connectivity index is 1.53. The zero-order valence-electron chi connectivity index (χ0n) is 20.2. The van der Waals surface area contributed by atoms with Gasteiger partial charge in [0, 0.05) is 34.3 Å². The average molecular weight is 478 g/mol. The smallest absolute Gasteiger partial charge is 0.245 e. The summed E-state index contributed by atoms with van der Waals surface area (Å²) < 4.78 is 2.39. The Kier molecular flexibility index (Phi) is 5.21. The quantitative estimate of drug-likeness (QED) is 0.247. The summed E-state index contributed by atoms with van der Waals surface area (Å²) in [5.74, 6) is 0. The molecule has 1 aliphatic heterocycles. The highest BCUT2D eigenvalue weighted by molar-refractivity contribution is 5.97. The first kappa shape index (κ1) is 21.5. The summed E-state index contributed by atoms with van der Waals surface area (Å²) >= 11 is 0. The molecule has 0 N–H and O–H groups in total. The molecule has 0 aliphatic carbocycles. The maximum atomic E-state index is 4.81. The van der Waals surface area contributed by atoms with E-state index in [4.69, 9.17) is 9.97 Å². The van der Waals surface area contributed by atoms with Crippen molar-refractivity contribution >= 4 is 39.5 Å². The standard InChI is InChI=1S/C33H25N4/c1-3-11-26(12-4-1)32-33(27-13-5-2-6-14-27)37(29-20-8-16-25-18-10-22-35-31(25)29)23-36(32)28-19-7-15-24-17-9-21-34-30(24)28/h1-23,32-33H/q+1/t32-,33-/m1/s1. The molecule has 3 heterocycles.